The van der Waals surface area contributed by atoms with Crippen LogP contribution in [0.1, 0.15) is 22.5 Å². The van der Waals surface area contributed by atoms with Crippen LogP contribution in [0.5, 0.6) is 5.75 Å². The van der Waals surface area contributed by atoms with Crippen LogP contribution < -0.4 is 10.1 Å². The van der Waals surface area contributed by atoms with Crippen molar-refractivity contribution in [3.05, 3.63) is 29.5 Å². The molecule has 0 unspecified atom stereocenters. The predicted octanol–water partition coefficient (Wildman–Crippen LogP) is 1.86. The van der Waals surface area contributed by atoms with Crippen LogP contribution in [0, 0.1) is 6.92 Å². The van der Waals surface area contributed by atoms with Gasteiger partial charge in [0.05, 0.1) is 7.11 Å². The molecule has 1 amide bonds. The maximum Gasteiger partial charge on any atom is 0.287 e. The molecule has 1 aromatic heterocycles. The average Bonchev–Trinajstić information content (AvgIpc) is 2.76. The van der Waals surface area contributed by atoms with E-state index in [2.05, 4.69) is 5.32 Å². The summed E-state index contributed by atoms with van der Waals surface area (Å²) >= 11 is 0. The first-order chi connectivity index (χ1) is 9.17. The number of carbonyl (C=O) groups excluding carboxylic acids is 1. The van der Waals surface area contributed by atoms with Crippen LogP contribution in [0.3, 0.4) is 0 Å². The molecule has 5 nitrogen and oxygen atoms in total. The first-order valence-electron chi connectivity index (χ1n) is 6.13. The van der Waals surface area contributed by atoms with Crippen LogP contribution in [0.4, 0.5) is 0 Å². The van der Waals surface area contributed by atoms with Crippen LogP contribution in [-0.2, 0) is 0 Å². The van der Waals surface area contributed by atoms with Crippen LogP contribution >= 0.6 is 0 Å². The molecule has 2 aromatic rings. The third-order valence-electron chi connectivity index (χ3n) is 2.97. The fraction of sp³-hybridized carbons (Fsp3) is 0.357. The number of carbonyl (C=O) groups is 1. The van der Waals surface area contributed by atoms with Crippen LogP contribution in [0.2, 0.25) is 0 Å². The van der Waals surface area contributed by atoms with E-state index in [9.17, 15) is 4.79 Å². The van der Waals surface area contributed by atoms with Gasteiger partial charge >= 0.3 is 0 Å². The number of benzene rings is 1. The molecule has 1 aromatic carbocycles. The molecule has 0 saturated carbocycles. The number of amides is 1. The number of rotatable bonds is 5. The number of ether oxygens (including phenoxy) is 1. The fourth-order valence-corrected chi connectivity index (χ4v) is 1.90. The van der Waals surface area contributed by atoms with Crippen LogP contribution in [0.25, 0.3) is 11.0 Å². The number of aliphatic hydroxyl groups excluding tert-OH is 1. The van der Waals surface area contributed by atoms with E-state index < -0.39 is 0 Å². The summed E-state index contributed by atoms with van der Waals surface area (Å²) in [5, 5.41) is 12.3. The van der Waals surface area contributed by atoms with Gasteiger partial charge in [-0.3, -0.25) is 4.79 Å². The quantitative estimate of drug-likeness (QED) is 0.808. The van der Waals surface area contributed by atoms with Gasteiger partial charge in [-0.2, -0.15) is 0 Å². The van der Waals surface area contributed by atoms with Gasteiger partial charge in [0.15, 0.2) is 5.76 Å². The summed E-state index contributed by atoms with van der Waals surface area (Å²) in [6.45, 7) is 2.32. The number of hydrogen-bond acceptors (Lipinski definition) is 4. The van der Waals surface area contributed by atoms with Gasteiger partial charge in [0.1, 0.15) is 11.3 Å². The normalized spacial score (nSPS) is 10.7. The minimum Gasteiger partial charge on any atom is -0.497 e. The minimum absolute atomic E-state index is 0.0522. The molecule has 19 heavy (non-hydrogen) atoms. The molecule has 0 saturated heterocycles. The molecule has 0 aliphatic rings. The first-order valence-corrected chi connectivity index (χ1v) is 6.13. The lowest BCUT2D eigenvalue weighted by atomic mass is 10.1. The molecular formula is C14H17NO4. The van der Waals surface area contributed by atoms with E-state index in [0.717, 1.165) is 16.7 Å². The summed E-state index contributed by atoms with van der Waals surface area (Å²) in [7, 11) is 1.60. The molecule has 0 radical (unpaired) electrons. The summed E-state index contributed by atoms with van der Waals surface area (Å²) in [6, 6.07) is 5.42. The van der Waals surface area contributed by atoms with E-state index in [-0.39, 0.29) is 12.5 Å². The largest absolute Gasteiger partial charge is 0.497 e. The number of methoxy groups -OCH3 is 1. The van der Waals surface area contributed by atoms with Crippen molar-refractivity contribution in [2.45, 2.75) is 13.3 Å². The van der Waals surface area contributed by atoms with Gasteiger partial charge in [0.25, 0.3) is 5.91 Å². The zero-order chi connectivity index (χ0) is 13.8. The van der Waals surface area contributed by atoms with Crippen molar-refractivity contribution in [2.24, 2.45) is 0 Å². The van der Waals surface area contributed by atoms with Crippen molar-refractivity contribution < 1.29 is 19.1 Å². The summed E-state index contributed by atoms with van der Waals surface area (Å²) < 4.78 is 10.7. The number of fused-ring (bicyclic) bond motifs is 1. The van der Waals surface area contributed by atoms with Gasteiger partial charge in [0.2, 0.25) is 0 Å². The Kier molecular flexibility index (Phi) is 4.06. The molecule has 2 N–H and O–H groups in total. The SMILES string of the molecule is COc1ccc2oc(C(=O)NCCCO)c(C)c2c1. The van der Waals surface area contributed by atoms with Crippen molar-refractivity contribution in [3.8, 4) is 5.75 Å². The highest BCUT2D eigenvalue weighted by atomic mass is 16.5. The van der Waals surface area contributed by atoms with Crippen LogP contribution in [-0.4, -0.2) is 31.3 Å². The topological polar surface area (TPSA) is 71.7 Å². The Morgan fingerprint density at radius 3 is 2.95 bits per heavy atom. The number of furan rings is 1. The van der Waals surface area contributed by atoms with Gasteiger partial charge in [-0.05, 0) is 31.5 Å². The third kappa shape index (κ3) is 2.71. The second-order valence-electron chi connectivity index (χ2n) is 4.25. The smallest absolute Gasteiger partial charge is 0.287 e. The number of nitrogens with one attached hydrogen (secondary N) is 1. The van der Waals surface area contributed by atoms with Gasteiger partial charge < -0.3 is 19.6 Å². The van der Waals surface area contributed by atoms with Crippen molar-refractivity contribution in [2.75, 3.05) is 20.3 Å². The lowest BCUT2D eigenvalue weighted by Crippen LogP contribution is -2.25. The highest BCUT2D eigenvalue weighted by Crippen LogP contribution is 2.28. The number of hydrogen-bond donors (Lipinski definition) is 2. The summed E-state index contributed by atoms with van der Waals surface area (Å²) in [4.78, 5) is 11.9. The molecule has 2 rings (SSSR count). The molecule has 0 atom stereocenters. The van der Waals surface area contributed by atoms with Gasteiger partial charge in [-0.15, -0.1) is 0 Å². The molecule has 5 heteroatoms. The Bertz CT molecular complexity index is 588. The Labute approximate surface area is 111 Å². The number of aryl methyl sites for hydroxylation is 1. The van der Waals surface area contributed by atoms with E-state index >= 15 is 0 Å². The summed E-state index contributed by atoms with van der Waals surface area (Å²) in [6.07, 6.45) is 0.527. The van der Waals surface area contributed by atoms with E-state index in [1.165, 1.54) is 0 Å². The maximum absolute atomic E-state index is 11.9. The molecule has 0 aliphatic carbocycles. The van der Waals surface area contributed by atoms with E-state index in [1.807, 2.05) is 13.0 Å². The lowest BCUT2D eigenvalue weighted by Gasteiger charge is -2.01. The van der Waals surface area contributed by atoms with E-state index in [0.29, 0.717) is 24.3 Å². The molecule has 102 valence electrons. The van der Waals surface area contributed by atoms with E-state index in [4.69, 9.17) is 14.3 Å². The standard InChI is InChI=1S/C14H17NO4/c1-9-11-8-10(18-2)4-5-12(11)19-13(9)14(17)15-6-3-7-16/h4-5,8,16H,3,6-7H2,1-2H3,(H,15,17). The van der Waals surface area contributed by atoms with Crippen LogP contribution in [0.15, 0.2) is 22.6 Å². The maximum atomic E-state index is 11.9. The van der Waals surface area contributed by atoms with E-state index in [1.54, 1.807) is 19.2 Å². The third-order valence-corrected chi connectivity index (χ3v) is 2.97. The van der Waals surface area contributed by atoms with Gasteiger partial charge in [0, 0.05) is 24.1 Å². The first kappa shape index (κ1) is 13.4. The Balaban J connectivity index is 2.29. The lowest BCUT2D eigenvalue weighted by molar-refractivity contribution is 0.0924. The highest BCUT2D eigenvalue weighted by molar-refractivity contribution is 5.99. The highest BCUT2D eigenvalue weighted by Gasteiger charge is 2.17. The monoisotopic (exact) mass is 263 g/mol. The average molecular weight is 263 g/mol. The summed E-state index contributed by atoms with van der Waals surface area (Å²) in [5.41, 5.74) is 1.45. The second-order valence-corrected chi connectivity index (χ2v) is 4.25. The molecule has 0 fully saturated rings. The predicted molar refractivity (Wildman–Crippen MR) is 71.5 cm³/mol. The van der Waals surface area contributed by atoms with Gasteiger partial charge in [-0.1, -0.05) is 0 Å². The molecular weight excluding hydrogens is 246 g/mol. The molecule has 0 bridgehead atoms. The molecule has 1 heterocycles. The Morgan fingerprint density at radius 1 is 1.47 bits per heavy atom. The second kappa shape index (κ2) is 5.75. The Hall–Kier alpha value is -2.01. The van der Waals surface area contributed by atoms with Gasteiger partial charge in [-0.25, -0.2) is 0 Å². The summed E-state index contributed by atoms with van der Waals surface area (Å²) in [5.74, 6) is 0.769. The zero-order valence-corrected chi connectivity index (χ0v) is 11.0. The zero-order valence-electron chi connectivity index (χ0n) is 11.0. The Morgan fingerprint density at radius 2 is 2.26 bits per heavy atom. The van der Waals surface area contributed by atoms with Crippen molar-refractivity contribution in [1.29, 1.82) is 0 Å². The molecule has 0 spiro atoms. The van der Waals surface area contributed by atoms with Crippen molar-refractivity contribution in [1.82, 2.24) is 5.32 Å². The fourth-order valence-electron chi connectivity index (χ4n) is 1.90. The van der Waals surface area contributed by atoms with Crippen molar-refractivity contribution >= 4 is 16.9 Å². The van der Waals surface area contributed by atoms with Crippen molar-refractivity contribution in [3.63, 3.8) is 0 Å². The minimum atomic E-state index is -0.263. The number of aliphatic hydroxyl groups is 1. The molecule has 0 aliphatic heterocycles.